The summed E-state index contributed by atoms with van der Waals surface area (Å²) < 4.78 is 37.9. The van der Waals surface area contributed by atoms with Gasteiger partial charge in [-0.2, -0.15) is 13.2 Å². The van der Waals surface area contributed by atoms with Crippen LogP contribution in [0.15, 0.2) is 18.7 Å². The first-order valence-corrected chi connectivity index (χ1v) is 4.58. The molecule has 0 spiro atoms. The van der Waals surface area contributed by atoms with Crippen LogP contribution in [-0.2, 0) is 19.3 Å². The molecular weight excluding hydrogens is 203 g/mol. The predicted octanol–water partition coefficient (Wildman–Crippen LogP) is 2.95. The van der Waals surface area contributed by atoms with Gasteiger partial charge in [0, 0.05) is 13.1 Å². The van der Waals surface area contributed by atoms with Crippen molar-refractivity contribution in [1.29, 1.82) is 0 Å². The third-order valence-corrected chi connectivity index (χ3v) is 2.53. The highest BCUT2D eigenvalue weighted by molar-refractivity contribution is 5.56. The van der Waals surface area contributed by atoms with Crippen molar-refractivity contribution in [3.8, 4) is 0 Å². The maximum absolute atomic E-state index is 12.6. The normalized spacial score (nSPS) is 15.1. The Morgan fingerprint density at radius 3 is 2.33 bits per heavy atom. The summed E-state index contributed by atoms with van der Waals surface area (Å²) in [5.41, 5.74) is 1.22. The highest BCUT2D eigenvalue weighted by Crippen LogP contribution is 2.35. The van der Waals surface area contributed by atoms with E-state index in [9.17, 15) is 13.2 Å². The maximum Gasteiger partial charge on any atom is 0.416 e. The van der Waals surface area contributed by atoms with Gasteiger partial charge in [-0.1, -0.05) is 12.7 Å². The molecule has 80 valence electrons. The average Bonchev–Trinajstić information content (AvgIpc) is 2.60. The molecule has 0 fully saturated rings. The number of fused-ring (bicyclic) bond motifs is 1. The number of hydrogen-bond acceptors (Lipinski definition) is 1. The highest BCUT2D eigenvalue weighted by Gasteiger charge is 2.33. The van der Waals surface area contributed by atoms with E-state index in [1.165, 1.54) is 12.1 Å². The van der Waals surface area contributed by atoms with E-state index in [1.54, 1.807) is 6.07 Å². The molecule has 0 amide bonds. The van der Waals surface area contributed by atoms with Gasteiger partial charge in [0.05, 0.1) is 5.56 Å². The molecule has 1 aromatic rings. The van der Waals surface area contributed by atoms with Crippen molar-refractivity contribution in [3.05, 3.63) is 41.0 Å². The molecule has 0 aliphatic carbocycles. The van der Waals surface area contributed by atoms with E-state index in [0.29, 0.717) is 13.1 Å². The first-order valence-electron chi connectivity index (χ1n) is 4.58. The quantitative estimate of drug-likeness (QED) is 0.756. The molecule has 0 saturated heterocycles. The van der Waals surface area contributed by atoms with Gasteiger partial charge in [-0.05, 0) is 28.8 Å². The van der Waals surface area contributed by atoms with Crippen LogP contribution in [0.3, 0.4) is 0 Å². The number of halogens is 3. The zero-order valence-corrected chi connectivity index (χ0v) is 7.99. The summed E-state index contributed by atoms with van der Waals surface area (Å²) in [4.78, 5) is 0. The molecular formula is C11H10F3N. The summed E-state index contributed by atoms with van der Waals surface area (Å²) in [5, 5.41) is 3.02. The summed E-state index contributed by atoms with van der Waals surface area (Å²) in [5.74, 6) is 0. The van der Waals surface area contributed by atoms with Gasteiger partial charge >= 0.3 is 6.18 Å². The van der Waals surface area contributed by atoms with Crippen molar-refractivity contribution in [2.24, 2.45) is 0 Å². The maximum atomic E-state index is 12.6. The van der Waals surface area contributed by atoms with Crippen molar-refractivity contribution in [3.63, 3.8) is 0 Å². The third kappa shape index (κ3) is 1.77. The van der Waals surface area contributed by atoms with Crippen LogP contribution in [0.4, 0.5) is 13.2 Å². The molecule has 1 nitrogen and oxygen atoms in total. The minimum Gasteiger partial charge on any atom is -0.309 e. The van der Waals surface area contributed by atoms with Gasteiger partial charge in [0.2, 0.25) is 0 Å². The summed E-state index contributed by atoms with van der Waals surface area (Å²) in [6, 6.07) is 2.78. The van der Waals surface area contributed by atoms with E-state index in [-0.39, 0.29) is 5.56 Å². The molecule has 0 saturated carbocycles. The van der Waals surface area contributed by atoms with Crippen LogP contribution in [0, 0.1) is 0 Å². The van der Waals surface area contributed by atoms with Gasteiger partial charge in [-0.15, -0.1) is 0 Å². The summed E-state index contributed by atoms with van der Waals surface area (Å²) >= 11 is 0. The molecule has 0 bridgehead atoms. The van der Waals surface area contributed by atoms with Crippen molar-refractivity contribution in [2.45, 2.75) is 19.3 Å². The minimum atomic E-state index is -4.30. The van der Waals surface area contributed by atoms with Gasteiger partial charge in [0.1, 0.15) is 0 Å². The Kier molecular flexibility index (Phi) is 2.31. The topological polar surface area (TPSA) is 12.0 Å². The van der Waals surface area contributed by atoms with E-state index in [1.807, 2.05) is 0 Å². The van der Waals surface area contributed by atoms with Gasteiger partial charge in [-0.25, -0.2) is 0 Å². The second-order valence-corrected chi connectivity index (χ2v) is 3.51. The van der Waals surface area contributed by atoms with Crippen LogP contribution < -0.4 is 5.32 Å². The Bertz CT molecular complexity index is 407. The van der Waals surface area contributed by atoms with Crippen LogP contribution in [0.2, 0.25) is 0 Å². The van der Waals surface area contributed by atoms with Crippen LogP contribution >= 0.6 is 0 Å². The minimum absolute atomic E-state index is 0.157. The molecule has 4 heteroatoms. The number of nitrogens with one attached hydrogen (secondary N) is 1. The lowest BCUT2D eigenvalue weighted by Gasteiger charge is -2.12. The number of hydrogen-bond donors (Lipinski definition) is 1. The summed E-state index contributed by atoms with van der Waals surface area (Å²) in [6.45, 7) is 4.55. The van der Waals surface area contributed by atoms with Crippen LogP contribution in [0.25, 0.3) is 6.08 Å². The fraction of sp³-hybridized carbons (Fsp3) is 0.273. The average molecular weight is 213 g/mol. The van der Waals surface area contributed by atoms with Gasteiger partial charge in [0.25, 0.3) is 0 Å². The van der Waals surface area contributed by atoms with Crippen LogP contribution in [0.1, 0.15) is 22.3 Å². The van der Waals surface area contributed by atoms with Crippen molar-refractivity contribution >= 4 is 6.08 Å². The molecule has 1 heterocycles. The van der Waals surface area contributed by atoms with E-state index in [2.05, 4.69) is 11.9 Å². The third-order valence-electron chi connectivity index (χ3n) is 2.53. The lowest BCUT2D eigenvalue weighted by molar-refractivity contribution is -0.137. The summed E-state index contributed by atoms with van der Waals surface area (Å²) in [7, 11) is 0. The fourth-order valence-electron chi connectivity index (χ4n) is 1.78. The molecule has 0 atom stereocenters. The second-order valence-electron chi connectivity index (χ2n) is 3.51. The Balaban J connectivity index is 2.59. The van der Waals surface area contributed by atoms with E-state index in [4.69, 9.17) is 0 Å². The molecule has 2 rings (SSSR count). The zero-order valence-electron chi connectivity index (χ0n) is 7.99. The lowest BCUT2D eigenvalue weighted by atomic mass is 9.99. The standard InChI is InChI=1S/C11H10F3N/c1-2-7-3-8-5-15-6-9(8)4-10(7)11(12,13)14/h2-4,15H,1,5-6H2. The van der Waals surface area contributed by atoms with E-state index in [0.717, 1.165) is 11.1 Å². The molecule has 1 N–H and O–H groups in total. The predicted molar refractivity (Wildman–Crippen MR) is 52.1 cm³/mol. The second kappa shape index (κ2) is 3.38. The van der Waals surface area contributed by atoms with Crippen LogP contribution in [-0.4, -0.2) is 0 Å². The first-order chi connectivity index (χ1) is 7.02. The molecule has 1 aromatic carbocycles. The van der Waals surface area contributed by atoms with Gasteiger partial charge < -0.3 is 5.32 Å². The van der Waals surface area contributed by atoms with E-state index >= 15 is 0 Å². The fourth-order valence-corrected chi connectivity index (χ4v) is 1.78. The Morgan fingerprint density at radius 2 is 1.80 bits per heavy atom. The van der Waals surface area contributed by atoms with Gasteiger partial charge in [-0.3, -0.25) is 0 Å². The lowest BCUT2D eigenvalue weighted by Crippen LogP contribution is -2.08. The SMILES string of the molecule is C=Cc1cc2c(cc1C(F)(F)F)CNC2. The molecule has 0 aromatic heterocycles. The molecule has 15 heavy (non-hydrogen) atoms. The smallest absolute Gasteiger partial charge is 0.309 e. The molecule has 1 aliphatic heterocycles. The molecule has 0 radical (unpaired) electrons. The monoisotopic (exact) mass is 213 g/mol. The van der Waals surface area contributed by atoms with Crippen LogP contribution in [0.5, 0.6) is 0 Å². The van der Waals surface area contributed by atoms with Crippen molar-refractivity contribution in [1.82, 2.24) is 5.32 Å². The number of rotatable bonds is 1. The Hall–Kier alpha value is -1.29. The molecule has 0 unspecified atom stereocenters. The first kappa shape index (κ1) is 10.2. The molecule has 1 aliphatic rings. The number of alkyl halides is 3. The van der Waals surface area contributed by atoms with Crippen molar-refractivity contribution in [2.75, 3.05) is 0 Å². The zero-order chi connectivity index (χ0) is 11.1. The summed E-state index contributed by atoms with van der Waals surface area (Å²) in [6.07, 6.45) is -3.05. The van der Waals surface area contributed by atoms with Gasteiger partial charge in [0.15, 0.2) is 0 Å². The number of benzene rings is 1. The van der Waals surface area contributed by atoms with Crippen molar-refractivity contribution < 1.29 is 13.2 Å². The highest BCUT2D eigenvalue weighted by atomic mass is 19.4. The Labute approximate surface area is 85.6 Å². The van der Waals surface area contributed by atoms with E-state index < -0.39 is 11.7 Å². The Morgan fingerprint density at radius 1 is 1.20 bits per heavy atom. The largest absolute Gasteiger partial charge is 0.416 e.